The highest BCUT2D eigenvalue weighted by Crippen LogP contribution is 2.15. The van der Waals surface area contributed by atoms with Crippen LogP contribution in [0.5, 0.6) is 0 Å². The maximum absolute atomic E-state index is 9.17. The fourth-order valence-corrected chi connectivity index (χ4v) is 0.693. The Kier molecular flexibility index (Phi) is 2.14. The molecule has 2 nitrogen and oxygen atoms in total. The molecule has 0 saturated carbocycles. The molecule has 10 heavy (non-hydrogen) atoms. The molecule has 0 aliphatic carbocycles. The largest absolute Gasteiger partial charge is 0.467 e. The Morgan fingerprint density at radius 2 is 2.60 bits per heavy atom. The monoisotopic (exact) mass is 136 g/mol. The first-order chi connectivity index (χ1) is 4.84. The fraction of sp³-hybridized carbons (Fsp3) is 0.250. The summed E-state index contributed by atoms with van der Waals surface area (Å²) in [7, 11) is 0. The second-order valence-corrected chi connectivity index (χ2v) is 1.94. The van der Waals surface area contributed by atoms with Crippen molar-refractivity contribution in [2.75, 3.05) is 0 Å². The molecule has 0 spiro atoms. The third-order valence-electron chi connectivity index (χ3n) is 1.18. The highest BCUT2D eigenvalue weighted by Gasteiger charge is 2.06. The Balaban J connectivity index is 2.61. The molecule has 0 aromatic carbocycles. The minimum atomic E-state index is -0.653. The number of hydrogen-bond donors (Lipinski definition) is 1. The summed E-state index contributed by atoms with van der Waals surface area (Å²) in [5.74, 6) is 2.87. The van der Waals surface area contributed by atoms with Crippen molar-refractivity contribution in [3.05, 3.63) is 24.2 Å². The molecule has 1 N–H and O–H groups in total. The minimum Gasteiger partial charge on any atom is -0.467 e. The lowest BCUT2D eigenvalue weighted by atomic mass is 10.2. The summed E-state index contributed by atoms with van der Waals surface area (Å²) in [4.78, 5) is 0. The molecule has 1 aromatic heterocycles. The van der Waals surface area contributed by atoms with Crippen molar-refractivity contribution in [1.82, 2.24) is 0 Å². The maximum Gasteiger partial charge on any atom is 0.133 e. The van der Waals surface area contributed by atoms with Gasteiger partial charge in [0, 0.05) is 6.42 Å². The number of aliphatic hydroxyl groups excluding tert-OH is 1. The van der Waals surface area contributed by atoms with Gasteiger partial charge in [-0.3, -0.25) is 0 Å². The first-order valence-electron chi connectivity index (χ1n) is 2.99. The van der Waals surface area contributed by atoms with Gasteiger partial charge in [0.05, 0.1) is 6.26 Å². The summed E-state index contributed by atoms with van der Waals surface area (Å²) in [5, 5.41) is 9.17. The lowest BCUT2D eigenvalue weighted by Crippen LogP contribution is -1.92. The van der Waals surface area contributed by atoms with Crippen LogP contribution in [0, 0.1) is 12.3 Å². The van der Waals surface area contributed by atoms with E-state index in [-0.39, 0.29) is 0 Å². The van der Waals surface area contributed by atoms with Gasteiger partial charge >= 0.3 is 0 Å². The van der Waals surface area contributed by atoms with Crippen molar-refractivity contribution in [2.45, 2.75) is 12.5 Å². The first-order valence-corrected chi connectivity index (χ1v) is 2.99. The smallest absolute Gasteiger partial charge is 0.133 e. The number of aliphatic hydroxyl groups is 1. The molecule has 2 heteroatoms. The third-order valence-corrected chi connectivity index (χ3v) is 1.18. The predicted octanol–water partition coefficient (Wildman–Crippen LogP) is 1.34. The van der Waals surface area contributed by atoms with Gasteiger partial charge in [-0.15, -0.1) is 12.3 Å². The van der Waals surface area contributed by atoms with E-state index in [1.807, 2.05) is 0 Å². The van der Waals surface area contributed by atoms with Crippen LogP contribution in [0.25, 0.3) is 0 Å². The van der Waals surface area contributed by atoms with Crippen LogP contribution < -0.4 is 0 Å². The summed E-state index contributed by atoms with van der Waals surface area (Å²) < 4.78 is 4.90. The normalized spacial score (nSPS) is 12.4. The van der Waals surface area contributed by atoms with Crippen LogP contribution in [0.15, 0.2) is 22.8 Å². The zero-order chi connectivity index (χ0) is 7.40. The van der Waals surface area contributed by atoms with Crippen molar-refractivity contribution in [3.8, 4) is 12.3 Å². The maximum atomic E-state index is 9.17. The number of rotatable bonds is 2. The van der Waals surface area contributed by atoms with Gasteiger partial charge < -0.3 is 9.52 Å². The Hall–Kier alpha value is -1.20. The molecule has 0 bridgehead atoms. The van der Waals surface area contributed by atoms with Gasteiger partial charge in [0.2, 0.25) is 0 Å². The molecule has 1 aromatic rings. The lowest BCUT2D eigenvalue weighted by Gasteiger charge is -2.00. The van der Waals surface area contributed by atoms with Crippen molar-refractivity contribution in [1.29, 1.82) is 0 Å². The molecule has 0 unspecified atom stereocenters. The molecular weight excluding hydrogens is 128 g/mol. The van der Waals surface area contributed by atoms with Crippen LogP contribution in [-0.2, 0) is 0 Å². The predicted molar refractivity (Wildman–Crippen MR) is 37.1 cm³/mol. The molecule has 0 aliphatic heterocycles. The molecule has 1 rings (SSSR count). The summed E-state index contributed by atoms with van der Waals surface area (Å²) >= 11 is 0. The molecule has 0 aliphatic rings. The van der Waals surface area contributed by atoms with Crippen LogP contribution >= 0.6 is 0 Å². The zero-order valence-electron chi connectivity index (χ0n) is 5.45. The van der Waals surface area contributed by atoms with Gasteiger partial charge in [-0.1, -0.05) is 0 Å². The van der Waals surface area contributed by atoms with Crippen molar-refractivity contribution < 1.29 is 9.52 Å². The highest BCUT2D eigenvalue weighted by atomic mass is 16.4. The van der Waals surface area contributed by atoms with Gasteiger partial charge in [-0.05, 0) is 12.1 Å². The van der Waals surface area contributed by atoms with Crippen molar-refractivity contribution in [2.24, 2.45) is 0 Å². The Labute approximate surface area is 59.5 Å². The zero-order valence-corrected chi connectivity index (χ0v) is 5.45. The highest BCUT2D eigenvalue weighted by molar-refractivity contribution is 5.04. The summed E-state index contributed by atoms with van der Waals surface area (Å²) in [6.07, 6.45) is 6.14. The van der Waals surface area contributed by atoms with E-state index in [1.54, 1.807) is 12.1 Å². The van der Waals surface area contributed by atoms with E-state index in [0.717, 1.165) is 0 Å². The standard InChI is InChI=1S/C8H8O2/c1-2-4-7(9)8-5-3-6-10-8/h1,3,5-7,9H,4H2/t7-/m1/s1. The van der Waals surface area contributed by atoms with E-state index in [0.29, 0.717) is 12.2 Å². The molecular formula is C8H8O2. The van der Waals surface area contributed by atoms with E-state index in [2.05, 4.69) is 5.92 Å². The van der Waals surface area contributed by atoms with Crippen LogP contribution in [0.2, 0.25) is 0 Å². The number of hydrogen-bond acceptors (Lipinski definition) is 2. The minimum absolute atomic E-state index is 0.299. The molecule has 0 fully saturated rings. The van der Waals surface area contributed by atoms with Gasteiger partial charge in [0.15, 0.2) is 0 Å². The summed E-state index contributed by atoms with van der Waals surface area (Å²) in [6.45, 7) is 0. The second-order valence-electron chi connectivity index (χ2n) is 1.94. The average Bonchev–Trinajstić information content (AvgIpc) is 2.38. The van der Waals surface area contributed by atoms with Crippen LogP contribution in [0.3, 0.4) is 0 Å². The average molecular weight is 136 g/mol. The van der Waals surface area contributed by atoms with Gasteiger partial charge in [0.1, 0.15) is 11.9 Å². The second kappa shape index (κ2) is 3.09. The van der Waals surface area contributed by atoms with E-state index >= 15 is 0 Å². The van der Waals surface area contributed by atoms with Gasteiger partial charge in [-0.2, -0.15) is 0 Å². The van der Waals surface area contributed by atoms with Crippen molar-refractivity contribution >= 4 is 0 Å². The Morgan fingerprint density at radius 3 is 3.10 bits per heavy atom. The quantitative estimate of drug-likeness (QED) is 0.622. The van der Waals surface area contributed by atoms with E-state index < -0.39 is 6.10 Å². The van der Waals surface area contributed by atoms with E-state index in [1.165, 1.54) is 6.26 Å². The molecule has 52 valence electrons. The SMILES string of the molecule is C#CC[C@@H](O)c1ccco1. The van der Waals surface area contributed by atoms with Crippen LogP contribution in [0.4, 0.5) is 0 Å². The fourth-order valence-electron chi connectivity index (χ4n) is 0.693. The number of furan rings is 1. The topological polar surface area (TPSA) is 33.4 Å². The number of terminal acetylenes is 1. The molecule has 0 radical (unpaired) electrons. The third kappa shape index (κ3) is 1.40. The van der Waals surface area contributed by atoms with Gasteiger partial charge in [-0.25, -0.2) is 0 Å². The molecule has 1 atom stereocenters. The van der Waals surface area contributed by atoms with E-state index in [9.17, 15) is 5.11 Å². The van der Waals surface area contributed by atoms with Crippen LogP contribution in [-0.4, -0.2) is 5.11 Å². The lowest BCUT2D eigenvalue weighted by molar-refractivity contribution is 0.155. The summed E-state index contributed by atoms with van der Waals surface area (Å²) in [6, 6.07) is 3.41. The van der Waals surface area contributed by atoms with E-state index in [4.69, 9.17) is 10.8 Å². The Bertz CT molecular complexity index is 218. The Morgan fingerprint density at radius 1 is 1.80 bits per heavy atom. The first kappa shape index (κ1) is 6.91. The van der Waals surface area contributed by atoms with Gasteiger partial charge in [0.25, 0.3) is 0 Å². The van der Waals surface area contributed by atoms with Crippen LogP contribution in [0.1, 0.15) is 18.3 Å². The van der Waals surface area contributed by atoms with Crippen molar-refractivity contribution in [3.63, 3.8) is 0 Å². The summed E-state index contributed by atoms with van der Waals surface area (Å²) in [5.41, 5.74) is 0. The molecule has 0 amide bonds. The molecule has 0 saturated heterocycles. The molecule has 1 heterocycles.